The number of fused-ring (bicyclic) bond motifs is 2. The highest BCUT2D eigenvalue weighted by molar-refractivity contribution is 6.01. The number of aliphatic hydroxyl groups is 1. The van der Waals surface area contributed by atoms with Gasteiger partial charge >= 0.3 is 0 Å². The molecule has 1 amide bonds. The number of carbonyl (C=O) groups is 1. The molecule has 0 aromatic carbocycles. The van der Waals surface area contributed by atoms with Gasteiger partial charge in [0, 0.05) is 49.6 Å². The fourth-order valence-corrected chi connectivity index (χ4v) is 4.95. The van der Waals surface area contributed by atoms with Gasteiger partial charge in [-0.15, -0.1) is 0 Å². The standard InChI is InChI=1S/C24H27N7O3/c1-25-21-10-19(17-12-30(13-8-14(32)9-13)22-15(17)4-3-7-26-22)28-23-16(11-27-31(21)23)24(33)29-18-5-6-20(18)34-2/h3-4,7,10-14,18,20,25,32H,5-6,8-9H2,1-2H3,(H,29,33)/t13?,14?,18?,20-/m1/s1. The number of hydrogen-bond acceptors (Lipinski definition) is 7. The third-order valence-electron chi connectivity index (χ3n) is 7.15. The number of amides is 1. The summed E-state index contributed by atoms with van der Waals surface area (Å²) in [5.41, 5.74) is 3.42. The Morgan fingerprint density at radius 2 is 2.12 bits per heavy atom. The molecule has 4 aromatic heterocycles. The van der Waals surface area contributed by atoms with E-state index in [4.69, 9.17) is 9.72 Å². The number of carbonyl (C=O) groups excluding carboxylic acids is 1. The maximum Gasteiger partial charge on any atom is 0.257 e. The van der Waals surface area contributed by atoms with Crippen LogP contribution in [0.3, 0.4) is 0 Å². The molecule has 0 aliphatic heterocycles. The molecule has 2 saturated carbocycles. The zero-order chi connectivity index (χ0) is 23.4. The summed E-state index contributed by atoms with van der Waals surface area (Å²) in [5.74, 6) is 0.516. The van der Waals surface area contributed by atoms with Crippen molar-refractivity contribution in [1.82, 2.24) is 29.5 Å². The summed E-state index contributed by atoms with van der Waals surface area (Å²) in [6, 6.07) is 6.07. The summed E-state index contributed by atoms with van der Waals surface area (Å²) in [7, 11) is 3.49. The van der Waals surface area contributed by atoms with Gasteiger partial charge in [-0.2, -0.15) is 9.61 Å². The minimum atomic E-state index is -0.263. The van der Waals surface area contributed by atoms with Crippen molar-refractivity contribution in [2.75, 3.05) is 19.5 Å². The van der Waals surface area contributed by atoms with E-state index in [1.54, 1.807) is 24.0 Å². The van der Waals surface area contributed by atoms with Crippen LogP contribution in [-0.2, 0) is 4.74 Å². The summed E-state index contributed by atoms with van der Waals surface area (Å²) in [5, 5.41) is 21.5. The quantitative estimate of drug-likeness (QED) is 0.403. The fourth-order valence-electron chi connectivity index (χ4n) is 4.95. The molecule has 4 heterocycles. The molecule has 10 heteroatoms. The second kappa shape index (κ2) is 8.07. The normalized spacial score (nSPS) is 24.1. The second-order valence-corrected chi connectivity index (χ2v) is 9.11. The highest BCUT2D eigenvalue weighted by Crippen LogP contribution is 2.38. The Morgan fingerprint density at radius 3 is 2.82 bits per heavy atom. The lowest BCUT2D eigenvalue weighted by atomic mass is 9.89. The lowest BCUT2D eigenvalue weighted by molar-refractivity contribution is 0.00732. The maximum absolute atomic E-state index is 13.1. The first kappa shape index (κ1) is 21.1. The molecule has 2 atom stereocenters. The van der Waals surface area contributed by atoms with Crippen molar-refractivity contribution in [2.24, 2.45) is 0 Å². The number of hydrogen-bond donors (Lipinski definition) is 3. The van der Waals surface area contributed by atoms with E-state index in [0.29, 0.717) is 24.1 Å². The van der Waals surface area contributed by atoms with Crippen LogP contribution in [0.2, 0.25) is 0 Å². The Morgan fingerprint density at radius 1 is 1.26 bits per heavy atom. The summed E-state index contributed by atoms with van der Waals surface area (Å²) < 4.78 is 9.19. The Labute approximate surface area is 196 Å². The number of nitrogens with one attached hydrogen (secondary N) is 2. The number of methoxy groups -OCH3 is 1. The number of aliphatic hydroxyl groups excluding tert-OH is 1. The van der Waals surface area contributed by atoms with Crippen molar-refractivity contribution < 1.29 is 14.6 Å². The van der Waals surface area contributed by atoms with Crippen LogP contribution in [0.1, 0.15) is 42.1 Å². The first-order valence-corrected chi connectivity index (χ1v) is 11.6. The molecule has 1 unspecified atom stereocenters. The molecule has 2 fully saturated rings. The van der Waals surface area contributed by atoms with Crippen molar-refractivity contribution >= 4 is 28.4 Å². The predicted octanol–water partition coefficient (Wildman–Crippen LogP) is 2.39. The Kier molecular flexibility index (Phi) is 5.00. The molecular formula is C24H27N7O3. The first-order valence-electron chi connectivity index (χ1n) is 11.6. The van der Waals surface area contributed by atoms with Crippen molar-refractivity contribution in [1.29, 1.82) is 0 Å². The topological polar surface area (TPSA) is 119 Å². The molecule has 176 valence electrons. The number of pyridine rings is 1. The highest BCUT2D eigenvalue weighted by atomic mass is 16.5. The number of nitrogens with zero attached hydrogens (tertiary/aromatic N) is 5. The summed E-state index contributed by atoms with van der Waals surface area (Å²) in [4.78, 5) is 22.6. The van der Waals surface area contributed by atoms with E-state index in [-0.39, 0.29) is 30.2 Å². The average molecular weight is 462 g/mol. The Bertz CT molecular complexity index is 1390. The molecule has 0 radical (unpaired) electrons. The smallest absolute Gasteiger partial charge is 0.257 e. The van der Waals surface area contributed by atoms with Crippen LogP contribution in [0, 0.1) is 0 Å². The SMILES string of the molecule is CNc1cc(-c2cn(C3CC(O)C3)c3ncccc23)nc2c(C(=O)NC3CC[C@H]3OC)cnn12. The second-order valence-electron chi connectivity index (χ2n) is 9.11. The molecular weight excluding hydrogens is 434 g/mol. The van der Waals surface area contributed by atoms with Crippen LogP contribution < -0.4 is 10.6 Å². The predicted molar refractivity (Wildman–Crippen MR) is 127 cm³/mol. The third kappa shape index (κ3) is 3.24. The number of anilines is 1. The van der Waals surface area contributed by atoms with Gasteiger partial charge in [0.15, 0.2) is 5.65 Å². The molecule has 0 saturated heterocycles. The number of rotatable bonds is 6. The largest absolute Gasteiger partial charge is 0.393 e. The molecule has 0 spiro atoms. The van der Waals surface area contributed by atoms with Gasteiger partial charge < -0.3 is 25.0 Å². The van der Waals surface area contributed by atoms with Crippen molar-refractivity contribution in [3.05, 3.63) is 42.4 Å². The van der Waals surface area contributed by atoms with Crippen LogP contribution in [0.25, 0.3) is 27.9 Å². The molecule has 2 aliphatic carbocycles. The summed E-state index contributed by atoms with van der Waals surface area (Å²) in [6.45, 7) is 0. The Hall–Kier alpha value is -3.50. The molecule has 3 N–H and O–H groups in total. The molecule has 2 aliphatic rings. The van der Waals surface area contributed by atoms with E-state index >= 15 is 0 Å². The van der Waals surface area contributed by atoms with E-state index in [1.165, 1.54) is 0 Å². The van der Waals surface area contributed by atoms with Gasteiger partial charge in [-0.1, -0.05) is 0 Å². The fraction of sp³-hybridized carbons (Fsp3) is 0.417. The highest BCUT2D eigenvalue weighted by Gasteiger charge is 2.33. The van der Waals surface area contributed by atoms with Gasteiger partial charge in [0.05, 0.1) is 30.1 Å². The lowest BCUT2D eigenvalue weighted by Crippen LogP contribution is -2.51. The van der Waals surface area contributed by atoms with Gasteiger partial charge in [-0.25, -0.2) is 9.97 Å². The molecule has 6 rings (SSSR count). The van der Waals surface area contributed by atoms with E-state index in [2.05, 4.69) is 31.5 Å². The zero-order valence-electron chi connectivity index (χ0n) is 19.1. The lowest BCUT2D eigenvalue weighted by Gasteiger charge is -2.35. The van der Waals surface area contributed by atoms with Crippen LogP contribution in [0.5, 0.6) is 0 Å². The third-order valence-corrected chi connectivity index (χ3v) is 7.15. The van der Waals surface area contributed by atoms with E-state index in [1.807, 2.05) is 25.2 Å². The van der Waals surface area contributed by atoms with Gasteiger partial charge in [0.2, 0.25) is 0 Å². The minimum absolute atomic E-state index is 0.00119. The van der Waals surface area contributed by atoms with Crippen LogP contribution in [-0.4, -0.2) is 67.6 Å². The van der Waals surface area contributed by atoms with Crippen LogP contribution in [0.15, 0.2) is 36.8 Å². The summed E-state index contributed by atoms with van der Waals surface area (Å²) in [6.07, 6.45) is 8.44. The average Bonchev–Trinajstić information content (AvgIpc) is 3.41. The van der Waals surface area contributed by atoms with Crippen molar-refractivity contribution in [3.63, 3.8) is 0 Å². The van der Waals surface area contributed by atoms with Crippen molar-refractivity contribution in [2.45, 2.75) is 50.0 Å². The van der Waals surface area contributed by atoms with Gasteiger partial charge in [0.1, 0.15) is 17.0 Å². The monoisotopic (exact) mass is 461 g/mol. The van der Waals surface area contributed by atoms with E-state index in [9.17, 15) is 9.90 Å². The zero-order valence-corrected chi connectivity index (χ0v) is 19.1. The minimum Gasteiger partial charge on any atom is -0.393 e. The molecule has 10 nitrogen and oxygen atoms in total. The van der Waals surface area contributed by atoms with Gasteiger partial charge in [0.25, 0.3) is 5.91 Å². The maximum atomic E-state index is 13.1. The van der Waals surface area contributed by atoms with Crippen LogP contribution >= 0.6 is 0 Å². The van der Waals surface area contributed by atoms with Gasteiger partial charge in [-0.05, 0) is 37.8 Å². The van der Waals surface area contributed by atoms with Crippen molar-refractivity contribution in [3.8, 4) is 11.3 Å². The summed E-state index contributed by atoms with van der Waals surface area (Å²) >= 11 is 0. The number of aromatic nitrogens is 5. The van der Waals surface area contributed by atoms with E-state index < -0.39 is 0 Å². The number of ether oxygens (including phenoxy) is 1. The molecule has 4 aromatic rings. The van der Waals surface area contributed by atoms with Gasteiger partial charge in [-0.3, -0.25) is 4.79 Å². The molecule has 0 bridgehead atoms. The van der Waals surface area contributed by atoms with E-state index in [0.717, 1.165) is 41.0 Å². The molecule has 34 heavy (non-hydrogen) atoms. The first-order chi connectivity index (χ1) is 16.6. The van der Waals surface area contributed by atoms with Crippen LogP contribution in [0.4, 0.5) is 5.82 Å². The Balaban J connectivity index is 1.44.